The molecule has 3 unspecified atom stereocenters. The van der Waals surface area contributed by atoms with Gasteiger partial charge >= 0.3 is 6.16 Å². The van der Waals surface area contributed by atoms with Crippen LogP contribution in [0.5, 0.6) is 0 Å². The van der Waals surface area contributed by atoms with E-state index < -0.39 is 6.16 Å². The van der Waals surface area contributed by atoms with Gasteiger partial charge < -0.3 is 4.74 Å². The fourth-order valence-corrected chi connectivity index (χ4v) is 2.99. The minimum absolute atomic E-state index is 0.0391. The Kier molecular flexibility index (Phi) is 2.76. The molecule has 2 aliphatic heterocycles. The van der Waals surface area contributed by atoms with E-state index in [1.165, 1.54) is 0 Å². The summed E-state index contributed by atoms with van der Waals surface area (Å²) in [6, 6.07) is 0. The zero-order valence-corrected chi connectivity index (χ0v) is 10.8. The van der Waals surface area contributed by atoms with Gasteiger partial charge in [-0.15, -0.1) is 0 Å². The number of hydrogen-bond donors (Lipinski definition) is 0. The molecule has 1 spiro atoms. The standard InChI is InChI=1S/C15H18O4/c1-3-7-13-11(5-1)9-16-15(18-13)17-10-12-6-2-4-8-14(12)19-15/h3,6-8,11,13H,1-2,4-5,9-10H2. The second-order valence-electron chi connectivity index (χ2n) is 5.42. The summed E-state index contributed by atoms with van der Waals surface area (Å²) in [5, 5.41) is 0. The molecule has 0 aromatic heterocycles. The maximum atomic E-state index is 5.95. The third kappa shape index (κ3) is 2.04. The Morgan fingerprint density at radius 1 is 1.11 bits per heavy atom. The van der Waals surface area contributed by atoms with Crippen molar-refractivity contribution in [2.75, 3.05) is 13.2 Å². The maximum absolute atomic E-state index is 5.95. The van der Waals surface area contributed by atoms with E-state index in [2.05, 4.69) is 24.3 Å². The molecule has 0 aromatic rings. The molecule has 0 aromatic carbocycles. The lowest BCUT2D eigenvalue weighted by Gasteiger charge is -2.45. The lowest BCUT2D eigenvalue weighted by Crippen LogP contribution is -2.54. The molecule has 102 valence electrons. The average molecular weight is 262 g/mol. The zero-order valence-electron chi connectivity index (χ0n) is 10.8. The van der Waals surface area contributed by atoms with Crippen LogP contribution in [-0.2, 0) is 18.9 Å². The van der Waals surface area contributed by atoms with Crippen LogP contribution in [0.2, 0.25) is 0 Å². The minimum atomic E-state index is -1.33. The van der Waals surface area contributed by atoms with Gasteiger partial charge in [-0.25, -0.2) is 0 Å². The van der Waals surface area contributed by atoms with Crippen molar-refractivity contribution in [3.8, 4) is 0 Å². The van der Waals surface area contributed by atoms with E-state index in [-0.39, 0.29) is 6.10 Å². The molecule has 19 heavy (non-hydrogen) atoms. The molecule has 0 radical (unpaired) electrons. The number of hydrogen-bond acceptors (Lipinski definition) is 4. The van der Waals surface area contributed by atoms with Crippen LogP contribution in [0.25, 0.3) is 0 Å². The first-order valence-electron chi connectivity index (χ1n) is 7.06. The first kappa shape index (κ1) is 11.7. The fourth-order valence-electron chi connectivity index (χ4n) is 2.99. The van der Waals surface area contributed by atoms with Crippen LogP contribution in [0.15, 0.2) is 35.6 Å². The highest BCUT2D eigenvalue weighted by Gasteiger charge is 2.49. The Morgan fingerprint density at radius 2 is 2.05 bits per heavy atom. The van der Waals surface area contributed by atoms with Crippen molar-refractivity contribution in [1.29, 1.82) is 0 Å². The van der Waals surface area contributed by atoms with Crippen molar-refractivity contribution in [3.63, 3.8) is 0 Å². The van der Waals surface area contributed by atoms with E-state index in [0.717, 1.165) is 37.0 Å². The molecule has 2 aliphatic carbocycles. The molecule has 2 fully saturated rings. The van der Waals surface area contributed by atoms with Crippen LogP contribution >= 0.6 is 0 Å². The molecule has 0 bridgehead atoms. The van der Waals surface area contributed by atoms with Gasteiger partial charge in [-0.2, -0.15) is 0 Å². The van der Waals surface area contributed by atoms with E-state index in [0.29, 0.717) is 19.1 Å². The van der Waals surface area contributed by atoms with Crippen LogP contribution < -0.4 is 0 Å². The van der Waals surface area contributed by atoms with E-state index in [1.807, 2.05) is 0 Å². The summed E-state index contributed by atoms with van der Waals surface area (Å²) in [5.74, 6) is 1.27. The van der Waals surface area contributed by atoms with Crippen molar-refractivity contribution in [1.82, 2.24) is 0 Å². The molecule has 4 heteroatoms. The number of allylic oxidation sites excluding steroid dienone is 3. The lowest BCUT2D eigenvalue weighted by atomic mass is 9.92. The zero-order chi connectivity index (χ0) is 12.7. The summed E-state index contributed by atoms with van der Waals surface area (Å²) in [6.07, 6.45) is 11.5. The normalized spacial score (nSPS) is 40.8. The molecule has 4 rings (SSSR count). The van der Waals surface area contributed by atoms with Crippen LogP contribution in [0.3, 0.4) is 0 Å². The number of rotatable bonds is 0. The summed E-state index contributed by atoms with van der Waals surface area (Å²) in [7, 11) is 0. The Bertz CT molecular complexity index is 465. The molecule has 4 aliphatic rings. The second-order valence-corrected chi connectivity index (χ2v) is 5.42. The number of fused-ring (bicyclic) bond motifs is 2. The van der Waals surface area contributed by atoms with Gasteiger partial charge in [0.2, 0.25) is 0 Å². The van der Waals surface area contributed by atoms with Crippen molar-refractivity contribution in [3.05, 3.63) is 35.6 Å². The van der Waals surface area contributed by atoms with E-state index >= 15 is 0 Å². The summed E-state index contributed by atoms with van der Waals surface area (Å²) >= 11 is 0. The molecular weight excluding hydrogens is 244 g/mol. The van der Waals surface area contributed by atoms with Gasteiger partial charge in [0.05, 0.1) is 19.3 Å². The van der Waals surface area contributed by atoms with Crippen LogP contribution in [0, 0.1) is 5.92 Å². The molecular formula is C15H18O4. The fraction of sp³-hybridized carbons (Fsp3) is 0.600. The van der Waals surface area contributed by atoms with Gasteiger partial charge in [-0.3, -0.25) is 14.2 Å². The molecule has 2 heterocycles. The molecule has 0 N–H and O–H groups in total. The molecule has 0 amide bonds. The smallest absolute Gasteiger partial charge is 0.416 e. The minimum Gasteiger partial charge on any atom is -0.416 e. The van der Waals surface area contributed by atoms with E-state index in [4.69, 9.17) is 18.9 Å². The monoisotopic (exact) mass is 262 g/mol. The van der Waals surface area contributed by atoms with Gasteiger partial charge in [0.25, 0.3) is 0 Å². The first-order valence-corrected chi connectivity index (χ1v) is 7.06. The maximum Gasteiger partial charge on any atom is 0.461 e. The van der Waals surface area contributed by atoms with E-state index in [9.17, 15) is 0 Å². The van der Waals surface area contributed by atoms with Gasteiger partial charge in [-0.1, -0.05) is 18.2 Å². The van der Waals surface area contributed by atoms with Crippen molar-refractivity contribution in [2.45, 2.75) is 37.9 Å². The highest BCUT2D eigenvalue weighted by Crippen LogP contribution is 2.40. The molecule has 2 saturated heterocycles. The summed E-state index contributed by atoms with van der Waals surface area (Å²) in [4.78, 5) is 0. The Balaban J connectivity index is 1.55. The summed E-state index contributed by atoms with van der Waals surface area (Å²) < 4.78 is 23.3. The van der Waals surface area contributed by atoms with Crippen LogP contribution in [0.4, 0.5) is 0 Å². The van der Waals surface area contributed by atoms with Crippen LogP contribution in [0.1, 0.15) is 25.7 Å². The predicted octanol–water partition coefficient (Wildman–Crippen LogP) is 2.63. The van der Waals surface area contributed by atoms with Crippen molar-refractivity contribution in [2.24, 2.45) is 5.92 Å². The summed E-state index contributed by atoms with van der Waals surface area (Å²) in [6.45, 7) is 1.12. The number of ether oxygens (including phenoxy) is 4. The topological polar surface area (TPSA) is 36.9 Å². The van der Waals surface area contributed by atoms with Gasteiger partial charge in [0, 0.05) is 11.5 Å². The third-order valence-corrected chi connectivity index (χ3v) is 4.09. The Labute approximate surface area is 112 Å². The average Bonchev–Trinajstić information content (AvgIpc) is 2.47. The quantitative estimate of drug-likeness (QED) is 0.629. The Hall–Kier alpha value is -1.10. The van der Waals surface area contributed by atoms with Crippen molar-refractivity contribution >= 4 is 0 Å². The van der Waals surface area contributed by atoms with Gasteiger partial charge in [0.15, 0.2) is 0 Å². The van der Waals surface area contributed by atoms with Crippen molar-refractivity contribution < 1.29 is 18.9 Å². The highest BCUT2D eigenvalue weighted by atomic mass is 17.0. The van der Waals surface area contributed by atoms with Crippen LogP contribution in [-0.4, -0.2) is 25.5 Å². The second kappa shape index (κ2) is 4.47. The summed E-state index contributed by atoms with van der Waals surface area (Å²) in [5.41, 5.74) is 1.10. The van der Waals surface area contributed by atoms with Gasteiger partial charge in [0.1, 0.15) is 5.76 Å². The molecule has 0 saturated carbocycles. The van der Waals surface area contributed by atoms with E-state index in [1.54, 1.807) is 0 Å². The third-order valence-electron chi connectivity index (χ3n) is 4.09. The molecule has 3 atom stereocenters. The highest BCUT2D eigenvalue weighted by molar-refractivity contribution is 5.30. The molecule has 4 nitrogen and oxygen atoms in total. The Morgan fingerprint density at radius 3 is 3.05 bits per heavy atom. The largest absolute Gasteiger partial charge is 0.461 e. The first-order chi connectivity index (χ1) is 9.35. The predicted molar refractivity (Wildman–Crippen MR) is 67.9 cm³/mol. The van der Waals surface area contributed by atoms with Gasteiger partial charge in [-0.05, 0) is 31.8 Å². The SMILES string of the molecule is C1=CC2OC3(OCC4=CCCC=C4O3)OCC2CC1. The lowest BCUT2D eigenvalue weighted by molar-refractivity contribution is -0.522.